The summed E-state index contributed by atoms with van der Waals surface area (Å²) in [6.45, 7) is 6.72. The monoisotopic (exact) mass is 478 g/mol. The Balaban J connectivity index is 1.73. The van der Waals surface area contributed by atoms with Crippen LogP contribution in [0.25, 0.3) is 6.08 Å². The fraction of sp³-hybridized carbons (Fsp3) is 0.565. The Kier molecular flexibility index (Phi) is 7.05. The number of primary amides is 1. The molecule has 0 radical (unpaired) electrons. The van der Waals surface area contributed by atoms with E-state index < -0.39 is 27.1 Å². The van der Waals surface area contributed by atoms with Gasteiger partial charge in [0.2, 0.25) is 15.9 Å². The van der Waals surface area contributed by atoms with Crippen LogP contribution in [-0.4, -0.2) is 71.9 Å². The maximum atomic E-state index is 12.9. The summed E-state index contributed by atoms with van der Waals surface area (Å²) in [6.07, 6.45) is 2.98. The number of carbonyl (C=O) groups is 2. The number of carbonyl (C=O) groups excluding carboxylic acids is 2. The van der Waals surface area contributed by atoms with E-state index in [0.29, 0.717) is 31.5 Å². The number of benzene rings is 1. The number of nitrogens with zero attached hydrogens (tertiary/aromatic N) is 2. The standard InChI is InChI=1S/C23H34N4O5S/c1-16-14-18(20(28)26-9-5-22(3,30)6-10-26)15-17(2)19(16)4-13-33(31,32)27-11-7-23(25,8-12-27)21(24)29/h4,13-15,30H,5-12,25H2,1-3H3,(H2,24,29)/b13-4+. The highest BCUT2D eigenvalue weighted by molar-refractivity contribution is 7.92. The van der Waals surface area contributed by atoms with Gasteiger partial charge in [0.05, 0.1) is 11.1 Å². The molecule has 3 rings (SSSR count). The number of aliphatic hydroxyl groups is 1. The van der Waals surface area contributed by atoms with Crippen LogP contribution in [0.2, 0.25) is 0 Å². The first-order chi connectivity index (χ1) is 15.2. The van der Waals surface area contributed by atoms with Gasteiger partial charge in [-0.25, -0.2) is 8.42 Å². The second-order valence-electron chi connectivity index (χ2n) is 9.58. The molecule has 5 N–H and O–H groups in total. The molecule has 182 valence electrons. The summed E-state index contributed by atoms with van der Waals surface area (Å²) < 4.78 is 26.9. The molecule has 9 nitrogen and oxygen atoms in total. The smallest absolute Gasteiger partial charge is 0.253 e. The number of hydrogen-bond donors (Lipinski definition) is 3. The summed E-state index contributed by atoms with van der Waals surface area (Å²) in [6, 6.07) is 3.54. The molecule has 2 amide bonds. The molecule has 0 bridgehead atoms. The molecule has 2 heterocycles. The lowest BCUT2D eigenvalue weighted by Crippen LogP contribution is -2.58. The first kappa shape index (κ1) is 25.4. The minimum atomic E-state index is -3.70. The molecule has 0 unspecified atom stereocenters. The lowest BCUT2D eigenvalue weighted by atomic mass is 9.89. The van der Waals surface area contributed by atoms with E-state index in [-0.39, 0.29) is 31.8 Å². The first-order valence-corrected chi connectivity index (χ1v) is 12.6. The summed E-state index contributed by atoms with van der Waals surface area (Å²) in [5.74, 6) is -0.709. The third-order valence-corrected chi connectivity index (χ3v) is 8.41. The van der Waals surface area contributed by atoms with Gasteiger partial charge in [0, 0.05) is 37.2 Å². The summed E-state index contributed by atoms with van der Waals surface area (Å²) >= 11 is 0. The van der Waals surface area contributed by atoms with Gasteiger partial charge < -0.3 is 21.5 Å². The van der Waals surface area contributed by atoms with Gasteiger partial charge in [-0.3, -0.25) is 9.59 Å². The molecule has 2 saturated heterocycles. The van der Waals surface area contributed by atoms with Crippen LogP contribution in [0.1, 0.15) is 59.7 Å². The maximum Gasteiger partial charge on any atom is 0.253 e. The van der Waals surface area contributed by atoms with Crippen molar-refractivity contribution in [3.63, 3.8) is 0 Å². The molecule has 2 aliphatic heterocycles. The maximum absolute atomic E-state index is 12.9. The average Bonchev–Trinajstić information content (AvgIpc) is 2.72. The van der Waals surface area contributed by atoms with Crippen molar-refractivity contribution in [1.82, 2.24) is 9.21 Å². The Bertz CT molecular complexity index is 1040. The molecule has 1 aromatic rings. The van der Waals surface area contributed by atoms with Crippen molar-refractivity contribution in [3.05, 3.63) is 39.8 Å². The number of hydrogen-bond acceptors (Lipinski definition) is 6. The number of piperidine rings is 2. The molecule has 2 fully saturated rings. The van der Waals surface area contributed by atoms with Gasteiger partial charge >= 0.3 is 0 Å². The van der Waals surface area contributed by atoms with Crippen molar-refractivity contribution < 1.29 is 23.1 Å². The normalized spacial score (nSPS) is 21.3. The molecule has 10 heteroatoms. The molecule has 0 atom stereocenters. The molecular formula is C23H34N4O5S. The predicted octanol–water partition coefficient (Wildman–Crippen LogP) is 0.870. The highest BCUT2D eigenvalue weighted by Gasteiger charge is 2.38. The summed E-state index contributed by atoms with van der Waals surface area (Å²) in [5, 5.41) is 11.3. The highest BCUT2D eigenvalue weighted by Crippen LogP contribution is 2.26. The van der Waals surface area contributed by atoms with Crippen LogP contribution in [0.3, 0.4) is 0 Å². The number of aryl methyl sites for hydroxylation is 2. The van der Waals surface area contributed by atoms with Gasteiger partial charge in [0.25, 0.3) is 5.91 Å². The second-order valence-corrected chi connectivity index (χ2v) is 11.4. The van der Waals surface area contributed by atoms with Crippen molar-refractivity contribution in [2.75, 3.05) is 26.2 Å². The van der Waals surface area contributed by atoms with E-state index in [1.165, 1.54) is 4.31 Å². The molecule has 1 aromatic carbocycles. The molecule has 2 aliphatic rings. The average molecular weight is 479 g/mol. The minimum absolute atomic E-state index is 0.0899. The zero-order chi connectivity index (χ0) is 24.6. The quantitative estimate of drug-likeness (QED) is 0.572. The molecular weight excluding hydrogens is 444 g/mol. The fourth-order valence-corrected chi connectivity index (χ4v) is 5.53. The molecule has 0 saturated carbocycles. The van der Waals surface area contributed by atoms with Crippen LogP contribution in [0.5, 0.6) is 0 Å². The number of nitrogens with two attached hydrogens (primary N) is 2. The van der Waals surface area contributed by atoms with Crippen LogP contribution in [-0.2, 0) is 14.8 Å². The molecule has 0 spiro atoms. The third kappa shape index (κ3) is 5.63. The van der Waals surface area contributed by atoms with Crippen LogP contribution in [0.15, 0.2) is 17.5 Å². The van der Waals surface area contributed by atoms with E-state index in [4.69, 9.17) is 11.5 Å². The fourth-order valence-electron chi connectivity index (χ4n) is 4.36. The highest BCUT2D eigenvalue weighted by atomic mass is 32.2. The third-order valence-electron chi connectivity index (χ3n) is 6.84. The Morgan fingerprint density at radius 3 is 2.03 bits per heavy atom. The van der Waals surface area contributed by atoms with Gasteiger partial charge in [0.15, 0.2) is 0 Å². The van der Waals surface area contributed by atoms with Crippen molar-refractivity contribution in [2.45, 2.75) is 57.6 Å². The number of amides is 2. The number of sulfonamides is 1. The van der Waals surface area contributed by atoms with E-state index >= 15 is 0 Å². The topological polar surface area (TPSA) is 147 Å². The van der Waals surface area contributed by atoms with Gasteiger partial charge in [-0.05, 0) is 81.4 Å². The number of rotatable bonds is 5. The van der Waals surface area contributed by atoms with Crippen LogP contribution in [0, 0.1) is 13.8 Å². The van der Waals surface area contributed by atoms with Crippen molar-refractivity contribution in [1.29, 1.82) is 0 Å². The van der Waals surface area contributed by atoms with Crippen LogP contribution >= 0.6 is 0 Å². The van der Waals surface area contributed by atoms with E-state index in [9.17, 15) is 23.1 Å². The zero-order valence-electron chi connectivity index (χ0n) is 19.5. The van der Waals surface area contributed by atoms with Crippen molar-refractivity contribution in [3.8, 4) is 0 Å². The Morgan fingerprint density at radius 2 is 1.55 bits per heavy atom. The second kappa shape index (κ2) is 9.17. The number of likely N-dealkylation sites (tertiary alicyclic amines) is 1. The van der Waals surface area contributed by atoms with Gasteiger partial charge in [-0.2, -0.15) is 4.31 Å². The summed E-state index contributed by atoms with van der Waals surface area (Å²) in [4.78, 5) is 26.2. The Morgan fingerprint density at radius 1 is 1.03 bits per heavy atom. The van der Waals surface area contributed by atoms with Crippen LogP contribution < -0.4 is 11.5 Å². The molecule has 0 aromatic heterocycles. The van der Waals surface area contributed by atoms with Gasteiger partial charge in [0.1, 0.15) is 0 Å². The Hall–Kier alpha value is -2.27. The molecule has 33 heavy (non-hydrogen) atoms. The zero-order valence-corrected chi connectivity index (χ0v) is 20.3. The van der Waals surface area contributed by atoms with E-state index in [0.717, 1.165) is 22.1 Å². The van der Waals surface area contributed by atoms with Gasteiger partial charge in [-0.1, -0.05) is 0 Å². The lowest BCUT2D eigenvalue weighted by molar-refractivity contribution is -0.124. The summed E-state index contributed by atoms with van der Waals surface area (Å²) in [5.41, 5.74) is 12.3. The van der Waals surface area contributed by atoms with Crippen molar-refractivity contribution in [2.24, 2.45) is 11.5 Å². The van der Waals surface area contributed by atoms with Crippen LogP contribution in [0.4, 0.5) is 0 Å². The van der Waals surface area contributed by atoms with E-state index in [2.05, 4.69) is 0 Å². The summed E-state index contributed by atoms with van der Waals surface area (Å²) in [7, 11) is -3.70. The minimum Gasteiger partial charge on any atom is -0.390 e. The molecule has 0 aliphatic carbocycles. The lowest BCUT2D eigenvalue weighted by Gasteiger charge is -2.36. The SMILES string of the molecule is Cc1cc(C(=O)N2CCC(C)(O)CC2)cc(C)c1/C=C/S(=O)(=O)N1CCC(N)(C(N)=O)CC1. The van der Waals surface area contributed by atoms with Crippen molar-refractivity contribution >= 4 is 27.9 Å². The largest absolute Gasteiger partial charge is 0.390 e. The Labute approximate surface area is 195 Å². The predicted molar refractivity (Wildman–Crippen MR) is 127 cm³/mol. The van der Waals surface area contributed by atoms with Gasteiger partial charge in [-0.15, -0.1) is 0 Å². The van der Waals surface area contributed by atoms with E-state index in [1.807, 2.05) is 13.8 Å². The van der Waals surface area contributed by atoms with E-state index in [1.54, 1.807) is 30.0 Å². The first-order valence-electron chi connectivity index (χ1n) is 11.1.